The van der Waals surface area contributed by atoms with Gasteiger partial charge in [-0.05, 0) is 17.5 Å². The number of morpholine rings is 1. The van der Waals surface area contributed by atoms with E-state index in [0.717, 1.165) is 32.7 Å². The number of benzene rings is 1. The molecule has 1 atom stereocenters. The predicted octanol–water partition coefficient (Wildman–Crippen LogP) is 1.37. The van der Waals surface area contributed by atoms with Gasteiger partial charge < -0.3 is 15.0 Å². The highest BCUT2D eigenvalue weighted by Crippen LogP contribution is 2.19. The van der Waals surface area contributed by atoms with Gasteiger partial charge in [0.1, 0.15) is 0 Å². The summed E-state index contributed by atoms with van der Waals surface area (Å²) in [6.07, 6.45) is 1.51. The molecule has 5 heteroatoms. The number of hydrogen-bond donors (Lipinski definition) is 1. The Kier molecular flexibility index (Phi) is 5.40. The first kappa shape index (κ1) is 15.3. The third-order valence-electron chi connectivity index (χ3n) is 3.90. The van der Waals surface area contributed by atoms with E-state index >= 15 is 0 Å². The number of rotatable bonds is 2. The molecule has 3 rings (SSSR count). The zero-order valence-electron chi connectivity index (χ0n) is 11.5. The number of halogens is 1. The van der Waals surface area contributed by atoms with Gasteiger partial charge in [0, 0.05) is 32.1 Å². The maximum atomic E-state index is 12.3. The number of carbonyl (C=O) groups excluding carboxylic acids is 1. The van der Waals surface area contributed by atoms with Gasteiger partial charge >= 0.3 is 0 Å². The fraction of sp³-hybridized carbons (Fsp3) is 0.533. The topological polar surface area (TPSA) is 41.6 Å². The second-order valence-corrected chi connectivity index (χ2v) is 5.26. The molecule has 2 heterocycles. The van der Waals surface area contributed by atoms with Crippen molar-refractivity contribution in [3.8, 4) is 0 Å². The minimum atomic E-state index is 0. The van der Waals surface area contributed by atoms with Crippen LogP contribution in [-0.2, 0) is 22.5 Å². The van der Waals surface area contributed by atoms with Crippen molar-refractivity contribution < 1.29 is 9.53 Å². The molecule has 1 unspecified atom stereocenters. The van der Waals surface area contributed by atoms with Crippen LogP contribution in [0.15, 0.2) is 24.3 Å². The van der Waals surface area contributed by atoms with Crippen LogP contribution in [0, 0.1) is 0 Å². The maximum absolute atomic E-state index is 12.3. The number of fused-ring (bicyclic) bond motifs is 1. The van der Waals surface area contributed by atoms with Crippen molar-refractivity contribution in [3.05, 3.63) is 35.4 Å². The van der Waals surface area contributed by atoms with Crippen LogP contribution in [0.5, 0.6) is 0 Å². The summed E-state index contributed by atoms with van der Waals surface area (Å²) in [5.74, 6) is 0.234. The molecular weight excluding hydrogens is 276 g/mol. The van der Waals surface area contributed by atoms with Gasteiger partial charge in [0.2, 0.25) is 5.91 Å². The zero-order valence-corrected chi connectivity index (χ0v) is 12.3. The lowest BCUT2D eigenvalue weighted by Gasteiger charge is -2.31. The molecule has 4 nitrogen and oxygen atoms in total. The molecule has 0 spiro atoms. The van der Waals surface area contributed by atoms with Crippen LogP contribution >= 0.6 is 12.4 Å². The summed E-state index contributed by atoms with van der Waals surface area (Å²) >= 11 is 0. The molecule has 1 amide bonds. The Balaban J connectivity index is 0.00000147. The van der Waals surface area contributed by atoms with Crippen molar-refractivity contribution in [2.24, 2.45) is 0 Å². The largest absolute Gasteiger partial charge is 0.378 e. The van der Waals surface area contributed by atoms with E-state index in [0.29, 0.717) is 13.0 Å². The molecule has 0 radical (unpaired) electrons. The van der Waals surface area contributed by atoms with Crippen LogP contribution in [0.4, 0.5) is 0 Å². The fourth-order valence-corrected chi connectivity index (χ4v) is 2.80. The molecule has 20 heavy (non-hydrogen) atoms. The fourth-order valence-electron chi connectivity index (χ4n) is 2.80. The first-order valence-corrected chi connectivity index (χ1v) is 6.98. The van der Waals surface area contributed by atoms with E-state index in [2.05, 4.69) is 23.5 Å². The lowest BCUT2D eigenvalue weighted by molar-refractivity contribution is -0.133. The molecule has 1 aromatic carbocycles. The summed E-state index contributed by atoms with van der Waals surface area (Å²) in [4.78, 5) is 14.3. The molecule has 1 N–H and O–H groups in total. The van der Waals surface area contributed by atoms with E-state index in [4.69, 9.17) is 4.74 Å². The SMILES string of the molecule is Cl.O=C(CC1COCCN1)N1CCc2ccccc2C1. The highest BCUT2D eigenvalue weighted by atomic mass is 35.5. The molecule has 1 fully saturated rings. The Hall–Kier alpha value is -1.10. The van der Waals surface area contributed by atoms with Gasteiger partial charge in [-0.1, -0.05) is 24.3 Å². The molecule has 2 aliphatic heterocycles. The number of ether oxygens (including phenoxy) is 1. The Bertz CT molecular complexity index is 461. The highest BCUT2D eigenvalue weighted by Gasteiger charge is 2.24. The van der Waals surface area contributed by atoms with E-state index in [1.165, 1.54) is 11.1 Å². The summed E-state index contributed by atoms with van der Waals surface area (Å²) in [5, 5.41) is 3.34. The number of hydrogen-bond acceptors (Lipinski definition) is 3. The molecule has 0 aliphatic carbocycles. The lowest BCUT2D eigenvalue weighted by atomic mass is 9.99. The lowest BCUT2D eigenvalue weighted by Crippen LogP contribution is -2.46. The van der Waals surface area contributed by atoms with E-state index < -0.39 is 0 Å². The van der Waals surface area contributed by atoms with Crippen LogP contribution in [0.25, 0.3) is 0 Å². The maximum Gasteiger partial charge on any atom is 0.224 e. The quantitative estimate of drug-likeness (QED) is 0.896. The number of amides is 1. The summed E-state index contributed by atoms with van der Waals surface area (Å²) in [7, 11) is 0. The Morgan fingerprint density at radius 3 is 2.90 bits per heavy atom. The monoisotopic (exact) mass is 296 g/mol. The van der Waals surface area contributed by atoms with Gasteiger partial charge in [-0.15, -0.1) is 12.4 Å². The van der Waals surface area contributed by atoms with Crippen LogP contribution in [0.3, 0.4) is 0 Å². The molecule has 110 valence electrons. The van der Waals surface area contributed by atoms with Crippen molar-refractivity contribution >= 4 is 18.3 Å². The minimum Gasteiger partial charge on any atom is -0.378 e. The van der Waals surface area contributed by atoms with Crippen molar-refractivity contribution in [2.45, 2.75) is 25.4 Å². The summed E-state index contributed by atoms with van der Waals surface area (Å²) in [6, 6.07) is 8.58. The predicted molar refractivity (Wildman–Crippen MR) is 80.0 cm³/mol. The second-order valence-electron chi connectivity index (χ2n) is 5.26. The summed E-state index contributed by atoms with van der Waals surface area (Å²) in [5.41, 5.74) is 2.67. The van der Waals surface area contributed by atoms with E-state index in [9.17, 15) is 4.79 Å². The molecule has 0 saturated carbocycles. The molecule has 0 aromatic heterocycles. The number of nitrogens with one attached hydrogen (secondary N) is 1. The second kappa shape index (κ2) is 7.07. The van der Waals surface area contributed by atoms with Crippen LogP contribution in [-0.4, -0.2) is 43.2 Å². The minimum absolute atomic E-state index is 0. The summed E-state index contributed by atoms with van der Waals surface area (Å²) < 4.78 is 5.39. The Morgan fingerprint density at radius 2 is 2.15 bits per heavy atom. The van der Waals surface area contributed by atoms with Gasteiger partial charge in [-0.25, -0.2) is 0 Å². The van der Waals surface area contributed by atoms with E-state index in [1.807, 2.05) is 11.0 Å². The standard InChI is InChI=1S/C15H20N2O2.ClH/c18-15(9-14-11-19-8-6-16-14)17-7-5-12-3-1-2-4-13(12)10-17;/h1-4,14,16H,5-11H2;1H. The number of nitrogens with zero attached hydrogens (tertiary/aromatic N) is 1. The van der Waals surface area contributed by atoms with Crippen LogP contribution < -0.4 is 5.32 Å². The third-order valence-corrected chi connectivity index (χ3v) is 3.90. The number of carbonyl (C=O) groups is 1. The van der Waals surface area contributed by atoms with Crippen LogP contribution in [0.2, 0.25) is 0 Å². The van der Waals surface area contributed by atoms with Crippen molar-refractivity contribution in [1.82, 2.24) is 10.2 Å². The van der Waals surface area contributed by atoms with Crippen molar-refractivity contribution in [1.29, 1.82) is 0 Å². The van der Waals surface area contributed by atoms with E-state index in [-0.39, 0.29) is 24.4 Å². The average Bonchev–Trinajstić information content (AvgIpc) is 2.48. The molecule has 1 saturated heterocycles. The molecule has 0 bridgehead atoms. The Labute approximate surface area is 125 Å². The van der Waals surface area contributed by atoms with Crippen molar-refractivity contribution in [3.63, 3.8) is 0 Å². The molecule has 2 aliphatic rings. The Morgan fingerprint density at radius 1 is 1.35 bits per heavy atom. The first-order chi connectivity index (χ1) is 9.33. The van der Waals surface area contributed by atoms with E-state index in [1.54, 1.807) is 0 Å². The van der Waals surface area contributed by atoms with Gasteiger partial charge in [0.05, 0.1) is 13.2 Å². The summed E-state index contributed by atoms with van der Waals surface area (Å²) in [6.45, 7) is 3.84. The average molecular weight is 297 g/mol. The highest BCUT2D eigenvalue weighted by molar-refractivity contribution is 5.85. The smallest absolute Gasteiger partial charge is 0.224 e. The first-order valence-electron chi connectivity index (χ1n) is 6.98. The van der Waals surface area contributed by atoms with Gasteiger partial charge in [0.25, 0.3) is 0 Å². The van der Waals surface area contributed by atoms with Gasteiger partial charge in [0.15, 0.2) is 0 Å². The molecular formula is C15H21ClN2O2. The molecule has 1 aromatic rings. The normalized spacial score (nSPS) is 21.8. The third kappa shape index (κ3) is 3.51. The van der Waals surface area contributed by atoms with Gasteiger partial charge in [-0.3, -0.25) is 4.79 Å². The van der Waals surface area contributed by atoms with Gasteiger partial charge in [-0.2, -0.15) is 0 Å². The zero-order chi connectivity index (χ0) is 13.1. The van der Waals surface area contributed by atoms with Crippen LogP contribution in [0.1, 0.15) is 17.5 Å². The van der Waals surface area contributed by atoms with Crippen molar-refractivity contribution in [2.75, 3.05) is 26.3 Å².